The zero-order valence-electron chi connectivity index (χ0n) is 11.5. The van der Waals surface area contributed by atoms with Gasteiger partial charge in [0, 0.05) is 17.3 Å². The van der Waals surface area contributed by atoms with Crippen molar-refractivity contribution in [2.75, 3.05) is 17.7 Å². The molecule has 0 spiro atoms. The Hall–Kier alpha value is -1.38. The first-order chi connectivity index (χ1) is 8.63. The summed E-state index contributed by atoms with van der Waals surface area (Å²) in [6.07, 6.45) is 6.11. The van der Waals surface area contributed by atoms with Gasteiger partial charge >= 0.3 is 0 Å². The van der Waals surface area contributed by atoms with Gasteiger partial charge in [-0.15, -0.1) is 0 Å². The van der Waals surface area contributed by atoms with E-state index in [9.17, 15) is 0 Å². The van der Waals surface area contributed by atoms with Crippen LogP contribution in [0, 0.1) is 0 Å². The predicted molar refractivity (Wildman–Crippen MR) is 77.1 cm³/mol. The summed E-state index contributed by atoms with van der Waals surface area (Å²) in [5.74, 6) is 0.795. The average molecular weight is 248 g/mol. The van der Waals surface area contributed by atoms with E-state index in [2.05, 4.69) is 19.2 Å². The van der Waals surface area contributed by atoms with E-state index in [1.54, 1.807) is 0 Å². The van der Waals surface area contributed by atoms with Gasteiger partial charge in [-0.25, -0.2) is 0 Å². The summed E-state index contributed by atoms with van der Waals surface area (Å²) in [5.41, 5.74) is 7.98. The molecule has 100 valence electrons. The molecule has 0 aromatic heterocycles. The molecular formula is C15H24N2O. The van der Waals surface area contributed by atoms with Crippen molar-refractivity contribution in [1.82, 2.24) is 0 Å². The lowest BCUT2D eigenvalue weighted by molar-refractivity contribution is 0.319. The van der Waals surface area contributed by atoms with Crippen LogP contribution in [0.25, 0.3) is 0 Å². The van der Waals surface area contributed by atoms with E-state index < -0.39 is 0 Å². The number of hydrogen-bond acceptors (Lipinski definition) is 3. The second kappa shape index (κ2) is 5.51. The molecule has 0 heterocycles. The molecule has 0 unspecified atom stereocenters. The van der Waals surface area contributed by atoms with Gasteiger partial charge in [0.25, 0.3) is 0 Å². The molecule has 2 rings (SSSR count). The maximum atomic E-state index is 5.92. The smallest absolute Gasteiger partial charge is 0.144 e. The van der Waals surface area contributed by atoms with Crippen LogP contribution >= 0.6 is 0 Å². The Morgan fingerprint density at radius 1 is 1.33 bits per heavy atom. The van der Waals surface area contributed by atoms with Gasteiger partial charge in [-0.2, -0.15) is 0 Å². The largest absolute Gasteiger partial charge is 0.491 e. The second-order valence-electron chi connectivity index (χ2n) is 5.49. The Bertz CT molecular complexity index is 397. The minimum Gasteiger partial charge on any atom is -0.491 e. The summed E-state index contributed by atoms with van der Waals surface area (Å²) in [7, 11) is 0. The lowest BCUT2D eigenvalue weighted by Gasteiger charge is -2.27. The van der Waals surface area contributed by atoms with Crippen molar-refractivity contribution >= 4 is 11.4 Å². The minimum absolute atomic E-state index is 0.234. The molecule has 1 aromatic carbocycles. The first-order valence-electron chi connectivity index (χ1n) is 6.93. The van der Waals surface area contributed by atoms with Gasteiger partial charge in [-0.05, 0) is 38.3 Å². The Balaban J connectivity index is 2.08. The molecule has 0 atom stereocenters. The van der Waals surface area contributed by atoms with Gasteiger partial charge in [0.2, 0.25) is 0 Å². The molecule has 0 saturated heterocycles. The summed E-state index contributed by atoms with van der Waals surface area (Å²) in [6, 6.07) is 5.98. The maximum absolute atomic E-state index is 5.92. The normalized spacial score (nSPS) is 17.7. The van der Waals surface area contributed by atoms with Crippen LogP contribution in [0.4, 0.5) is 11.4 Å². The number of rotatable bonds is 5. The van der Waals surface area contributed by atoms with E-state index in [-0.39, 0.29) is 5.54 Å². The highest BCUT2D eigenvalue weighted by Gasteiger charge is 2.28. The molecule has 0 radical (unpaired) electrons. The number of nitrogens with two attached hydrogens (primary N) is 1. The zero-order chi connectivity index (χ0) is 13.0. The van der Waals surface area contributed by atoms with Crippen LogP contribution in [0.1, 0.15) is 46.0 Å². The van der Waals surface area contributed by atoms with Crippen molar-refractivity contribution in [3.05, 3.63) is 18.2 Å². The van der Waals surface area contributed by atoms with E-state index >= 15 is 0 Å². The molecule has 3 heteroatoms. The third-order valence-electron chi connectivity index (χ3n) is 3.63. The Kier molecular flexibility index (Phi) is 4.00. The Morgan fingerprint density at radius 3 is 2.72 bits per heavy atom. The molecule has 1 aliphatic carbocycles. The lowest BCUT2D eigenvalue weighted by atomic mass is 10.0. The van der Waals surface area contributed by atoms with Crippen molar-refractivity contribution in [3.63, 3.8) is 0 Å². The van der Waals surface area contributed by atoms with E-state index in [0.717, 1.165) is 17.9 Å². The monoisotopic (exact) mass is 248 g/mol. The van der Waals surface area contributed by atoms with Crippen molar-refractivity contribution in [1.29, 1.82) is 0 Å². The van der Waals surface area contributed by atoms with Gasteiger partial charge in [-0.1, -0.05) is 19.8 Å². The van der Waals surface area contributed by atoms with Crippen LogP contribution in [-0.2, 0) is 0 Å². The molecule has 3 N–H and O–H groups in total. The Labute approximate surface area is 110 Å². The summed E-state index contributed by atoms with van der Waals surface area (Å²) in [4.78, 5) is 0. The Morgan fingerprint density at radius 2 is 2.06 bits per heavy atom. The molecule has 3 nitrogen and oxygen atoms in total. The summed E-state index contributed by atoms with van der Waals surface area (Å²) in [5, 5.41) is 3.63. The standard InChI is InChI=1S/C15H24N2O/c1-3-10-18-14-11-12(6-7-13(14)16)17-15(2)8-4-5-9-15/h6-7,11,17H,3-5,8-10,16H2,1-2H3. The minimum atomic E-state index is 0.234. The van der Waals surface area contributed by atoms with Crippen molar-refractivity contribution in [2.24, 2.45) is 0 Å². The number of nitrogen functional groups attached to an aromatic ring is 1. The quantitative estimate of drug-likeness (QED) is 0.779. The molecule has 0 bridgehead atoms. The second-order valence-corrected chi connectivity index (χ2v) is 5.49. The van der Waals surface area contributed by atoms with Gasteiger partial charge in [0.15, 0.2) is 0 Å². The van der Waals surface area contributed by atoms with E-state index in [0.29, 0.717) is 12.3 Å². The lowest BCUT2D eigenvalue weighted by Crippen LogP contribution is -2.30. The van der Waals surface area contributed by atoms with Crippen molar-refractivity contribution in [3.8, 4) is 5.75 Å². The van der Waals surface area contributed by atoms with Gasteiger partial charge in [0.05, 0.1) is 12.3 Å². The van der Waals surface area contributed by atoms with Crippen LogP contribution in [-0.4, -0.2) is 12.1 Å². The highest BCUT2D eigenvalue weighted by molar-refractivity contribution is 5.62. The molecule has 0 amide bonds. The highest BCUT2D eigenvalue weighted by atomic mass is 16.5. The summed E-state index contributed by atoms with van der Waals surface area (Å²) >= 11 is 0. The number of anilines is 2. The SMILES string of the molecule is CCCOc1cc(NC2(C)CCCC2)ccc1N. The molecular weight excluding hydrogens is 224 g/mol. The summed E-state index contributed by atoms with van der Waals surface area (Å²) < 4.78 is 5.66. The average Bonchev–Trinajstić information content (AvgIpc) is 2.76. The van der Waals surface area contributed by atoms with Gasteiger partial charge < -0.3 is 15.8 Å². The van der Waals surface area contributed by atoms with Crippen molar-refractivity contribution < 1.29 is 4.74 Å². The predicted octanol–water partition coefficient (Wildman–Crippen LogP) is 3.80. The van der Waals surface area contributed by atoms with E-state index in [1.165, 1.54) is 25.7 Å². The van der Waals surface area contributed by atoms with Crippen LogP contribution in [0.15, 0.2) is 18.2 Å². The first kappa shape index (κ1) is 13.1. The van der Waals surface area contributed by atoms with E-state index in [1.807, 2.05) is 18.2 Å². The molecule has 18 heavy (non-hydrogen) atoms. The van der Waals surface area contributed by atoms with Gasteiger partial charge in [-0.3, -0.25) is 0 Å². The van der Waals surface area contributed by atoms with Crippen LogP contribution < -0.4 is 15.8 Å². The van der Waals surface area contributed by atoms with Crippen LogP contribution in [0.5, 0.6) is 5.75 Å². The maximum Gasteiger partial charge on any atom is 0.144 e. The number of benzene rings is 1. The fourth-order valence-corrected chi connectivity index (χ4v) is 2.58. The molecule has 0 aliphatic heterocycles. The zero-order valence-corrected chi connectivity index (χ0v) is 11.5. The van der Waals surface area contributed by atoms with Crippen LogP contribution in [0.3, 0.4) is 0 Å². The molecule has 1 fully saturated rings. The van der Waals surface area contributed by atoms with Crippen LogP contribution in [0.2, 0.25) is 0 Å². The number of hydrogen-bond donors (Lipinski definition) is 2. The topological polar surface area (TPSA) is 47.3 Å². The number of ether oxygens (including phenoxy) is 1. The molecule has 1 aliphatic rings. The fourth-order valence-electron chi connectivity index (χ4n) is 2.58. The molecule has 1 saturated carbocycles. The molecule has 1 aromatic rings. The third kappa shape index (κ3) is 3.09. The number of nitrogens with one attached hydrogen (secondary N) is 1. The highest BCUT2D eigenvalue weighted by Crippen LogP contribution is 2.34. The summed E-state index contributed by atoms with van der Waals surface area (Å²) in [6.45, 7) is 5.10. The van der Waals surface area contributed by atoms with Gasteiger partial charge in [0.1, 0.15) is 5.75 Å². The van der Waals surface area contributed by atoms with E-state index in [4.69, 9.17) is 10.5 Å². The fraction of sp³-hybridized carbons (Fsp3) is 0.600. The third-order valence-corrected chi connectivity index (χ3v) is 3.63. The van der Waals surface area contributed by atoms with Crippen molar-refractivity contribution in [2.45, 2.75) is 51.5 Å². The first-order valence-corrected chi connectivity index (χ1v) is 6.93.